The lowest BCUT2D eigenvalue weighted by atomic mass is 10.2. The highest BCUT2D eigenvalue weighted by molar-refractivity contribution is 5.78. The van der Waals surface area contributed by atoms with E-state index < -0.39 is 23.5 Å². The second kappa shape index (κ2) is 4.83. The van der Waals surface area contributed by atoms with Gasteiger partial charge in [0, 0.05) is 6.04 Å². The van der Waals surface area contributed by atoms with Gasteiger partial charge in [0.2, 0.25) is 0 Å². The van der Waals surface area contributed by atoms with Gasteiger partial charge in [-0.05, 0) is 31.9 Å². The average Bonchev–Trinajstić information content (AvgIpc) is 3.21. The molecule has 0 aliphatic heterocycles. The quantitative estimate of drug-likeness (QED) is 0.908. The fraction of sp³-hybridized carbons (Fsp3) is 0.357. The van der Waals surface area contributed by atoms with Crippen LogP contribution in [0.25, 0.3) is 10.9 Å². The largest absolute Gasteiger partial charge is 0.465 e. The number of nitrogens with zero attached hydrogens (tertiary/aromatic N) is 2. The molecule has 1 atom stereocenters. The van der Waals surface area contributed by atoms with Crippen LogP contribution in [0.5, 0.6) is 0 Å². The molecule has 1 unspecified atom stereocenters. The first-order valence-corrected chi connectivity index (χ1v) is 6.69. The normalized spacial score (nSPS) is 15.9. The summed E-state index contributed by atoms with van der Waals surface area (Å²) < 4.78 is 15.3. The molecule has 21 heavy (non-hydrogen) atoms. The summed E-state index contributed by atoms with van der Waals surface area (Å²) in [6.07, 6.45) is 0.432. The number of benzene rings is 1. The highest BCUT2D eigenvalue weighted by Gasteiger charge is 2.30. The van der Waals surface area contributed by atoms with Gasteiger partial charge in [0.25, 0.3) is 5.56 Å². The van der Waals surface area contributed by atoms with Crippen molar-refractivity contribution in [3.63, 3.8) is 0 Å². The van der Waals surface area contributed by atoms with Crippen LogP contribution in [0.3, 0.4) is 0 Å². The number of nitrogens with one attached hydrogen (secondary N) is 1. The van der Waals surface area contributed by atoms with E-state index in [1.807, 2.05) is 0 Å². The third-order valence-corrected chi connectivity index (χ3v) is 3.55. The topological polar surface area (TPSA) is 84.2 Å². The summed E-state index contributed by atoms with van der Waals surface area (Å²) in [7, 11) is 0. The SMILES string of the molecule is CC(NC(=O)O)c1nc2cccc(F)c2c(=O)n1C1CC1. The van der Waals surface area contributed by atoms with Crippen LogP contribution in [0.1, 0.15) is 37.7 Å². The molecular formula is C14H14FN3O3. The maximum absolute atomic E-state index is 13.9. The molecule has 1 saturated carbocycles. The number of fused-ring (bicyclic) bond motifs is 1. The van der Waals surface area contributed by atoms with E-state index in [1.54, 1.807) is 13.0 Å². The molecule has 0 saturated heterocycles. The van der Waals surface area contributed by atoms with Crippen LogP contribution in [0, 0.1) is 5.82 Å². The van der Waals surface area contributed by atoms with Gasteiger partial charge >= 0.3 is 6.09 Å². The van der Waals surface area contributed by atoms with Crippen molar-refractivity contribution in [2.75, 3.05) is 0 Å². The first-order valence-electron chi connectivity index (χ1n) is 6.69. The lowest BCUT2D eigenvalue weighted by Gasteiger charge is -2.18. The van der Waals surface area contributed by atoms with Crippen molar-refractivity contribution in [1.29, 1.82) is 0 Å². The fourth-order valence-corrected chi connectivity index (χ4v) is 2.46. The van der Waals surface area contributed by atoms with E-state index in [-0.39, 0.29) is 16.9 Å². The number of carboxylic acid groups (broad SMARTS) is 1. The lowest BCUT2D eigenvalue weighted by Crippen LogP contribution is -2.33. The molecule has 1 heterocycles. The van der Waals surface area contributed by atoms with Crippen LogP contribution in [-0.4, -0.2) is 20.8 Å². The minimum atomic E-state index is -1.20. The molecule has 0 bridgehead atoms. The number of hydrogen-bond donors (Lipinski definition) is 2. The minimum absolute atomic E-state index is 0.0259. The minimum Gasteiger partial charge on any atom is -0.465 e. The van der Waals surface area contributed by atoms with Crippen molar-refractivity contribution in [2.24, 2.45) is 0 Å². The maximum Gasteiger partial charge on any atom is 0.405 e. The van der Waals surface area contributed by atoms with E-state index in [0.29, 0.717) is 5.82 Å². The molecule has 1 aromatic carbocycles. The van der Waals surface area contributed by atoms with Gasteiger partial charge in [-0.25, -0.2) is 14.2 Å². The maximum atomic E-state index is 13.9. The van der Waals surface area contributed by atoms with Crippen LogP contribution in [0.15, 0.2) is 23.0 Å². The number of carbonyl (C=O) groups is 1. The summed E-state index contributed by atoms with van der Waals surface area (Å²) in [4.78, 5) is 27.7. The molecule has 2 N–H and O–H groups in total. The molecule has 110 valence electrons. The van der Waals surface area contributed by atoms with Crippen LogP contribution >= 0.6 is 0 Å². The standard InChI is InChI=1S/C14H14FN3O3/c1-7(16-14(20)21)12-17-10-4-2-3-9(15)11(10)13(19)18(12)8-5-6-8/h2-4,7-8,16H,5-6H2,1H3,(H,20,21). The number of aromatic nitrogens is 2. The van der Waals surface area contributed by atoms with Gasteiger partial charge in [0.05, 0.1) is 11.6 Å². The average molecular weight is 291 g/mol. The van der Waals surface area contributed by atoms with Gasteiger partial charge in [-0.2, -0.15) is 0 Å². The first kappa shape index (κ1) is 13.5. The van der Waals surface area contributed by atoms with Crippen LogP contribution in [-0.2, 0) is 0 Å². The molecule has 6 nitrogen and oxygen atoms in total. The fourth-order valence-electron chi connectivity index (χ4n) is 2.46. The first-order chi connectivity index (χ1) is 9.99. The van der Waals surface area contributed by atoms with Gasteiger partial charge in [0.1, 0.15) is 17.0 Å². The zero-order valence-electron chi connectivity index (χ0n) is 11.3. The molecule has 7 heteroatoms. The Morgan fingerprint density at radius 2 is 2.24 bits per heavy atom. The van der Waals surface area contributed by atoms with E-state index >= 15 is 0 Å². The Bertz CT molecular complexity index is 783. The summed E-state index contributed by atoms with van der Waals surface area (Å²) in [6, 6.07) is 3.57. The predicted molar refractivity (Wildman–Crippen MR) is 73.8 cm³/mol. The molecule has 2 aromatic rings. The zero-order valence-corrected chi connectivity index (χ0v) is 11.3. The molecular weight excluding hydrogens is 277 g/mol. The summed E-state index contributed by atoms with van der Waals surface area (Å²) in [6.45, 7) is 1.61. The van der Waals surface area contributed by atoms with E-state index in [2.05, 4.69) is 10.3 Å². The molecule has 3 rings (SSSR count). The second-order valence-corrected chi connectivity index (χ2v) is 5.18. The van der Waals surface area contributed by atoms with Crippen molar-refractivity contribution in [3.05, 3.63) is 40.2 Å². The number of halogens is 1. The van der Waals surface area contributed by atoms with E-state index in [0.717, 1.165) is 12.8 Å². The Hall–Kier alpha value is -2.44. The molecule has 1 aromatic heterocycles. The lowest BCUT2D eigenvalue weighted by molar-refractivity contribution is 0.190. The van der Waals surface area contributed by atoms with Crippen molar-refractivity contribution in [2.45, 2.75) is 31.8 Å². The number of hydrogen-bond acceptors (Lipinski definition) is 3. The van der Waals surface area contributed by atoms with Crippen molar-refractivity contribution < 1.29 is 14.3 Å². The monoisotopic (exact) mass is 291 g/mol. The van der Waals surface area contributed by atoms with Gasteiger partial charge in [-0.1, -0.05) is 6.07 Å². The van der Waals surface area contributed by atoms with E-state index in [1.165, 1.54) is 16.7 Å². The van der Waals surface area contributed by atoms with Crippen LogP contribution in [0.4, 0.5) is 9.18 Å². The van der Waals surface area contributed by atoms with Gasteiger partial charge in [0.15, 0.2) is 0 Å². The second-order valence-electron chi connectivity index (χ2n) is 5.18. The summed E-state index contributed by atoms with van der Waals surface area (Å²) in [5.41, 5.74) is -0.208. The Labute approximate surface area is 119 Å². The highest BCUT2D eigenvalue weighted by Crippen LogP contribution is 2.35. The Balaban J connectivity index is 2.26. The summed E-state index contributed by atoms with van der Waals surface area (Å²) >= 11 is 0. The van der Waals surface area contributed by atoms with Crippen molar-refractivity contribution in [3.8, 4) is 0 Å². The molecule has 1 amide bonds. The molecule has 0 spiro atoms. The zero-order chi connectivity index (χ0) is 15.1. The van der Waals surface area contributed by atoms with E-state index in [9.17, 15) is 14.0 Å². The Morgan fingerprint density at radius 1 is 1.52 bits per heavy atom. The third-order valence-electron chi connectivity index (χ3n) is 3.55. The van der Waals surface area contributed by atoms with Crippen molar-refractivity contribution in [1.82, 2.24) is 14.9 Å². The van der Waals surface area contributed by atoms with Crippen molar-refractivity contribution >= 4 is 17.0 Å². The Morgan fingerprint density at radius 3 is 2.86 bits per heavy atom. The Kier molecular flexibility index (Phi) is 3.12. The molecule has 1 aliphatic rings. The number of rotatable bonds is 3. The van der Waals surface area contributed by atoms with E-state index in [4.69, 9.17) is 5.11 Å². The van der Waals surface area contributed by atoms with Crippen LogP contribution < -0.4 is 10.9 Å². The molecule has 1 aliphatic carbocycles. The summed E-state index contributed by atoms with van der Waals surface area (Å²) in [5.74, 6) is -0.284. The van der Waals surface area contributed by atoms with Gasteiger partial charge in [-0.3, -0.25) is 9.36 Å². The molecule has 0 radical (unpaired) electrons. The summed E-state index contributed by atoms with van der Waals surface area (Å²) in [5, 5.41) is 11.1. The number of amides is 1. The smallest absolute Gasteiger partial charge is 0.405 e. The highest BCUT2D eigenvalue weighted by atomic mass is 19.1. The predicted octanol–water partition coefficient (Wildman–Crippen LogP) is 2.20. The molecule has 1 fully saturated rings. The van der Waals surface area contributed by atoms with Gasteiger partial charge in [-0.15, -0.1) is 0 Å². The third kappa shape index (κ3) is 2.35. The van der Waals surface area contributed by atoms with Gasteiger partial charge < -0.3 is 10.4 Å². The van der Waals surface area contributed by atoms with Crippen LogP contribution in [0.2, 0.25) is 0 Å².